The number of piperidine rings is 1. The predicted molar refractivity (Wildman–Crippen MR) is 133 cm³/mol. The number of carbonyl (C=O) groups is 1. The number of halogens is 1. The number of benzene rings is 1. The van der Waals surface area contributed by atoms with Crippen LogP contribution in [0.3, 0.4) is 0 Å². The van der Waals surface area contributed by atoms with Crippen molar-refractivity contribution in [1.29, 1.82) is 0 Å². The number of hydrogen-bond acceptors (Lipinski definition) is 5. The third kappa shape index (κ3) is 5.75. The highest BCUT2D eigenvalue weighted by atomic mass is 35.5. The predicted octanol–water partition coefficient (Wildman–Crippen LogP) is 3.91. The van der Waals surface area contributed by atoms with Crippen LogP contribution in [0.2, 0.25) is 5.02 Å². The maximum atomic E-state index is 13.3. The van der Waals surface area contributed by atoms with Gasteiger partial charge in [0.1, 0.15) is 5.75 Å². The Kier molecular flexibility index (Phi) is 7.85. The van der Waals surface area contributed by atoms with E-state index in [-0.39, 0.29) is 11.3 Å². The van der Waals surface area contributed by atoms with E-state index in [0.717, 1.165) is 54.5 Å². The second-order valence-electron chi connectivity index (χ2n) is 9.96. The standard InChI is InChI=1S/C26H37ClN4O3/c1-19-14-22(6-7-24(19)27)34-18-26(15-25(32)31-10-12-33-13-11-31)8-5-9-30(17-26)16-23-20(2)28-29(4)21(23)3/h6-7,14H,5,8-13,15-18H2,1-4H3/t26-/m1/s1. The van der Waals surface area contributed by atoms with Crippen LogP contribution in [0.5, 0.6) is 5.75 Å². The zero-order chi connectivity index (χ0) is 24.3. The smallest absolute Gasteiger partial charge is 0.223 e. The van der Waals surface area contributed by atoms with Crippen LogP contribution in [0.15, 0.2) is 18.2 Å². The Hall–Kier alpha value is -2.09. The summed E-state index contributed by atoms with van der Waals surface area (Å²) in [7, 11) is 2.00. The first-order valence-electron chi connectivity index (χ1n) is 12.2. The molecule has 1 aromatic heterocycles. The summed E-state index contributed by atoms with van der Waals surface area (Å²) in [5, 5.41) is 5.33. The molecular formula is C26H37ClN4O3. The number of nitrogens with zero attached hydrogens (tertiary/aromatic N) is 4. The van der Waals surface area contributed by atoms with Gasteiger partial charge >= 0.3 is 0 Å². The number of aryl methyl sites for hydroxylation is 3. The maximum Gasteiger partial charge on any atom is 0.223 e. The molecule has 0 N–H and O–H groups in total. The van der Waals surface area contributed by atoms with Crippen LogP contribution in [0.25, 0.3) is 0 Å². The van der Waals surface area contributed by atoms with Crippen molar-refractivity contribution in [1.82, 2.24) is 19.6 Å². The van der Waals surface area contributed by atoms with Crippen LogP contribution in [-0.2, 0) is 23.1 Å². The molecule has 1 aromatic carbocycles. The highest BCUT2D eigenvalue weighted by Crippen LogP contribution is 2.36. The first-order chi connectivity index (χ1) is 16.3. The molecule has 7 nitrogen and oxygen atoms in total. The Morgan fingerprint density at radius 1 is 1.21 bits per heavy atom. The minimum absolute atomic E-state index is 0.203. The molecule has 0 aliphatic carbocycles. The van der Waals surface area contributed by atoms with Crippen molar-refractivity contribution < 1.29 is 14.3 Å². The highest BCUT2D eigenvalue weighted by molar-refractivity contribution is 6.31. The van der Waals surface area contributed by atoms with Crippen LogP contribution >= 0.6 is 11.6 Å². The van der Waals surface area contributed by atoms with E-state index in [1.54, 1.807) is 0 Å². The van der Waals surface area contributed by atoms with Gasteiger partial charge in [0.2, 0.25) is 5.91 Å². The van der Waals surface area contributed by atoms with Crippen molar-refractivity contribution >= 4 is 17.5 Å². The van der Waals surface area contributed by atoms with Gasteiger partial charge in [-0.15, -0.1) is 0 Å². The first-order valence-corrected chi connectivity index (χ1v) is 12.6. The van der Waals surface area contributed by atoms with E-state index in [1.165, 1.54) is 11.3 Å². The van der Waals surface area contributed by atoms with Crippen LogP contribution in [0, 0.1) is 26.2 Å². The van der Waals surface area contributed by atoms with Gasteiger partial charge in [0.25, 0.3) is 0 Å². The van der Waals surface area contributed by atoms with E-state index in [1.807, 2.05) is 41.8 Å². The third-order valence-corrected chi connectivity index (χ3v) is 7.77. The van der Waals surface area contributed by atoms with Gasteiger partial charge in [0.05, 0.1) is 25.5 Å². The Labute approximate surface area is 207 Å². The number of aromatic nitrogens is 2. The molecular weight excluding hydrogens is 452 g/mol. The van der Waals surface area contributed by atoms with Crippen molar-refractivity contribution in [3.8, 4) is 5.75 Å². The van der Waals surface area contributed by atoms with Gasteiger partial charge < -0.3 is 14.4 Å². The van der Waals surface area contributed by atoms with Gasteiger partial charge in [-0.05, 0) is 63.9 Å². The quantitative estimate of drug-likeness (QED) is 0.591. The summed E-state index contributed by atoms with van der Waals surface area (Å²) < 4.78 is 13.7. The molecule has 3 heterocycles. The lowest BCUT2D eigenvalue weighted by Crippen LogP contribution is -2.50. The number of likely N-dealkylation sites (tertiary alicyclic amines) is 1. The molecule has 1 atom stereocenters. The van der Waals surface area contributed by atoms with Crippen molar-refractivity contribution in [2.24, 2.45) is 12.5 Å². The molecule has 2 saturated heterocycles. The lowest BCUT2D eigenvalue weighted by Gasteiger charge is -2.43. The highest BCUT2D eigenvalue weighted by Gasteiger charge is 2.40. The van der Waals surface area contributed by atoms with Crippen molar-refractivity contribution in [2.45, 2.75) is 46.6 Å². The SMILES string of the molecule is Cc1cc(OC[C@@]2(CC(=O)N3CCOCC3)CCCN(Cc3c(C)nn(C)c3C)C2)ccc1Cl. The molecule has 0 unspecified atom stereocenters. The summed E-state index contributed by atoms with van der Waals surface area (Å²) in [6.45, 7) is 11.9. The van der Waals surface area contributed by atoms with Gasteiger partial charge in [-0.2, -0.15) is 5.10 Å². The van der Waals surface area contributed by atoms with Crippen molar-refractivity contribution in [3.63, 3.8) is 0 Å². The Balaban J connectivity index is 1.52. The van der Waals surface area contributed by atoms with Crippen LogP contribution in [0.1, 0.15) is 41.8 Å². The first kappa shape index (κ1) is 25.0. The van der Waals surface area contributed by atoms with Gasteiger partial charge in [-0.3, -0.25) is 14.4 Å². The molecule has 0 bridgehead atoms. The van der Waals surface area contributed by atoms with Gasteiger partial charge in [-0.25, -0.2) is 0 Å². The maximum absolute atomic E-state index is 13.3. The number of carbonyl (C=O) groups excluding carboxylic acids is 1. The summed E-state index contributed by atoms with van der Waals surface area (Å²) in [5.74, 6) is 1.01. The van der Waals surface area contributed by atoms with Gasteiger partial charge in [0, 0.05) is 61.3 Å². The average Bonchev–Trinajstić information content (AvgIpc) is 3.06. The lowest BCUT2D eigenvalue weighted by atomic mass is 9.77. The molecule has 8 heteroatoms. The van der Waals surface area contributed by atoms with Crippen LogP contribution in [-0.4, -0.2) is 71.5 Å². The normalized spacial score (nSPS) is 21.6. The molecule has 4 rings (SSSR count). The Morgan fingerprint density at radius 3 is 2.65 bits per heavy atom. The zero-order valence-electron chi connectivity index (χ0n) is 20.9. The molecule has 0 spiro atoms. The minimum atomic E-state index is -0.245. The molecule has 186 valence electrons. The fourth-order valence-electron chi connectivity index (χ4n) is 5.22. The summed E-state index contributed by atoms with van der Waals surface area (Å²) in [6, 6.07) is 5.76. The summed E-state index contributed by atoms with van der Waals surface area (Å²) in [5.41, 5.74) is 4.31. The van der Waals surface area contributed by atoms with Crippen molar-refractivity contribution in [3.05, 3.63) is 45.7 Å². The molecule has 1 amide bonds. The average molecular weight is 489 g/mol. The molecule has 2 aliphatic rings. The summed E-state index contributed by atoms with van der Waals surface area (Å²) >= 11 is 6.21. The monoisotopic (exact) mass is 488 g/mol. The topological polar surface area (TPSA) is 59.8 Å². The molecule has 34 heavy (non-hydrogen) atoms. The third-order valence-electron chi connectivity index (χ3n) is 7.35. The summed E-state index contributed by atoms with van der Waals surface area (Å²) in [4.78, 5) is 17.7. The van der Waals surface area contributed by atoms with Crippen LogP contribution in [0.4, 0.5) is 0 Å². The molecule has 0 saturated carbocycles. The Bertz CT molecular complexity index is 1020. The fourth-order valence-corrected chi connectivity index (χ4v) is 5.33. The van der Waals surface area contributed by atoms with Gasteiger partial charge in [0.15, 0.2) is 0 Å². The largest absolute Gasteiger partial charge is 0.493 e. The van der Waals surface area contributed by atoms with Crippen molar-refractivity contribution in [2.75, 3.05) is 46.0 Å². The zero-order valence-corrected chi connectivity index (χ0v) is 21.7. The summed E-state index contributed by atoms with van der Waals surface area (Å²) in [6.07, 6.45) is 2.50. The second-order valence-corrected chi connectivity index (χ2v) is 10.4. The number of rotatable bonds is 7. The Morgan fingerprint density at radius 2 is 1.97 bits per heavy atom. The van der Waals surface area contributed by atoms with Crippen LogP contribution < -0.4 is 4.74 Å². The van der Waals surface area contributed by atoms with E-state index in [2.05, 4.69) is 23.8 Å². The van der Waals surface area contributed by atoms with Gasteiger partial charge in [-0.1, -0.05) is 11.6 Å². The second kappa shape index (κ2) is 10.7. The molecule has 2 fully saturated rings. The molecule has 0 radical (unpaired) electrons. The van der Waals surface area contributed by atoms with E-state index in [4.69, 9.17) is 21.1 Å². The number of morpholine rings is 1. The molecule has 2 aliphatic heterocycles. The number of amides is 1. The van der Waals surface area contributed by atoms with E-state index >= 15 is 0 Å². The lowest BCUT2D eigenvalue weighted by molar-refractivity contribution is -0.139. The van der Waals surface area contributed by atoms with E-state index < -0.39 is 0 Å². The fraction of sp³-hybridized carbons (Fsp3) is 0.615. The number of hydrogen-bond donors (Lipinski definition) is 0. The van der Waals surface area contributed by atoms with E-state index in [9.17, 15) is 4.79 Å². The number of ether oxygens (including phenoxy) is 2. The minimum Gasteiger partial charge on any atom is -0.493 e. The molecule has 2 aromatic rings. The van der Waals surface area contributed by atoms with E-state index in [0.29, 0.717) is 39.3 Å².